The monoisotopic (exact) mass is 265 g/mol. The molecule has 0 aliphatic heterocycles. The lowest BCUT2D eigenvalue weighted by molar-refractivity contribution is -0.145. The number of carbonyl (C=O) groups excluding carboxylic acids is 1. The van der Waals surface area contributed by atoms with Gasteiger partial charge in [0.2, 0.25) is 5.91 Å². The molecule has 1 aromatic rings. The van der Waals surface area contributed by atoms with E-state index < -0.39 is 17.8 Å². The minimum absolute atomic E-state index is 0.234. The minimum Gasteiger partial charge on any atom is -0.481 e. The number of amides is 1. The average molecular weight is 265 g/mol. The third kappa shape index (κ3) is 2.94. The summed E-state index contributed by atoms with van der Waals surface area (Å²) < 4.78 is 1.59. The van der Waals surface area contributed by atoms with Gasteiger partial charge < -0.3 is 10.4 Å². The summed E-state index contributed by atoms with van der Waals surface area (Å²) in [5.74, 6) is -1.35. The first-order valence-corrected chi connectivity index (χ1v) is 6.54. The number of anilines is 1. The van der Waals surface area contributed by atoms with Crippen LogP contribution in [0.1, 0.15) is 26.2 Å². The van der Waals surface area contributed by atoms with Gasteiger partial charge in [0.15, 0.2) is 5.82 Å². The number of carboxylic acids is 1. The normalized spacial score (nSPS) is 26.3. The zero-order valence-electron chi connectivity index (χ0n) is 11.2. The predicted octanol–water partition coefficient (Wildman–Crippen LogP) is 1.50. The number of aromatic nitrogens is 2. The van der Waals surface area contributed by atoms with Gasteiger partial charge in [0.1, 0.15) is 0 Å². The Morgan fingerprint density at radius 2 is 2.16 bits per heavy atom. The minimum atomic E-state index is -0.878. The molecule has 0 bridgehead atoms. The van der Waals surface area contributed by atoms with Crippen LogP contribution in [0.4, 0.5) is 5.82 Å². The zero-order valence-corrected chi connectivity index (χ0v) is 11.2. The Balaban J connectivity index is 2.06. The van der Waals surface area contributed by atoms with Gasteiger partial charge in [0.25, 0.3) is 0 Å². The van der Waals surface area contributed by atoms with Crippen LogP contribution in [0, 0.1) is 17.8 Å². The fourth-order valence-electron chi connectivity index (χ4n) is 2.74. The van der Waals surface area contributed by atoms with Crippen LogP contribution in [-0.2, 0) is 16.6 Å². The molecule has 1 heterocycles. The Morgan fingerprint density at radius 1 is 1.47 bits per heavy atom. The van der Waals surface area contributed by atoms with Gasteiger partial charge in [-0.1, -0.05) is 13.3 Å². The second kappa shape index (κ2) is 5.42. The van der Waals surface area contributed by atoms with E-state index in [1.807, 2.05) is 6.92 Å². The summed E-state index contributed by atoms with van der Waals surface area (Å²) in [7, 11) is 1.76. The van der Waals surface area contributed by atoms with E-state index in [9.17, 15) is 14.7 Å². The highest BCUT2D eigenvalue weighted by Gasteiger charge is 2.42. The van der Waals surface area contributed by atoms with Gasteiger partial charge in [-0.25, -0.2) is 0 Å². The average Bonchev–Trinajstić information content (AvgIpc) is 2.95. The lowest BCUT2D eigenvalue weighted by Crippen LogP contribution is -2.30. The van der Waals surface area contributed by atoms with Gasteiger partial charge in [-0.05, 0) is 18.8 Å². The van der Waals surface area contributed by atoms with Crippen LogP contribution >= 0.6 is 0 Å². The van der Waals surface area contributed by atoms with E-state index in [4.69, 9.17) is 0 Å². The van der Waals surface area contributed by atoms with Crippen LogP contribution in [0.25, 0.3) is 0 Å². The first kappa shape index (κ1) is 13.6. The molecule has 0 saturated heterocycles. The van der Waals surface area contributed by atoms with Crippen molar-refractivity contribution in [2.24, 2.45) is 24.8 Å². The van der Waals surface area contributed by atoms with Gasteiger partial charge in [-0.2, -0.15) is 5.10 Å². The van der Waals surface area contributed by atoms with Gasteiger partial charge in [-0.3, -0.25) is 14.3 Å². The lowest BCUT2D eigenvalue weighted by Gasteiger charge is -2.14. The van der Waals surface area contributed by atoms with Crippen LogP contribution in [-0.4, -0.2) is 26.8 Å². The van der Waals surface area contributed by atoms with E-state index in [0.29, 0.717) is 24.6 Å². The van der Waals surface area contributed by atoms with Crippen molar-refractivity contribution in [2.45, 2.75) is 26.2 Å². The van der Waals surface area contributed by atoms with Crippen LogP contribution in [0.2, 0.25) is 0 Å². The molecule has 1 aliphatic carbocycles. The van der Waals surface area contributed by atoms with Crippen molar-refractivity contribution >= 4 is 17.7 Å². The van der Waals surface area contributed by atoms with Crippen molar-refractivity contribution in [3.8, 4) is 0 Å². The molecule has 3 atom stereocenters. The molecule has 0 aromatic carbocycles. The Bertz CT molecular complexity index is 483. The number of nitrogens with zero attached hydrogens (tertiary/aromatic N) is 2. The summed E-state index contributed by atoms with van der Waals surface area (Å²) in [6, 6.07) is 1.69. The number of carboxylic acid groups (broad SMARTS) is 1. The van der Waals surface area contributed by atoms with Crippen molar-refractivity contribution in [3.05, 3.63) is 12.3 Å². The molecule has 19 heavy (non-hydrogen) atoms. The number of nitrogens with one attached hydrogen (secondary N) is 1. The number of carbonyl (C=O) groups is 2. The SMILES string of the molecule is CCC1C[C@H](C(=O)Nc2ccn(C)n2)[C@H](C(=O)O)C1. The molecule has 1 amide bonds. The Labute approximate surface area is 111 Å². The van der Waals surface area contributed by atoms with Gasteiger partial charge in [-0.15, -0.1) is 0 Å². The van der Waals surface area contributed by atoms with Crippen molar-refractivity contribution in [1.29, 1.82) is 0 Å². The third-order valence-corrected chi connectivity index (χ3v) is 3.86. The van der Waals surface area contributed by atoms with Crippen molar-refractivity contribution < 1.29 is 14.7 Å². The number of aryl methyl sites for hydroxylation is 1. The molecule has 0 radical (unpaired) electrons. The summed E-state index contributed by atoms with van der Waals surface area (Å²) in [5, 5.41) is 16.0. The Kier molecular flexibility index (Phi) is 3.87. The molecular weight excluding hydrogens is 246 g/mol. The molecule has 0 spiro atoms. The fraction of sp³-hybridized carbons (Fsp3) is 0.615. The highest BCUT2D eigenvalue weighted by molar-refractivity contribution is 5.94. The fourth-order valence-corrected chi connectivity index (χ4v) is 2.74. The summed E-state index contributed by atoms with van der Waals surface area (Å²) in [6.07, 6.45) is 3.88. The number of aliphatic carboxylic acids is 1. The van der Waals surface area contributed by atoms with Crippen molar-refractivity contribution in [3.63, 3.8) is 0 Å². The van der Waals surface area contributed by atoms with Crippen LogP contribution in [0.3, 0.4) is 0 Å². The standard InChI is InChI=1S/C13H19N3O3/c1-3-8-6-9(10(7-8)13(18)19)12(17)14-11-4-5-16(2)15-11/h4-5,8-10H,3,6-7H2,1-2H3,(H,18,19)(H,14,15,17)/t8?,9-,10+/m0/s1. The van der Waals surface area contributed by atoms with Crippen molar-refractivity contribution in [1.82, 2.24) is 9.78 Å². The maximum atomic E-state index is 12.2. The molecule has 1 saturated carbocycles. The highest BCUT2D eigenvalue weighted by atomic mass is 16.4. The molecular formula is C13H19N3O3. The van der Waals surface area contributed by atoms with E-state index in [1.54, 1.807) is 24.0 Å². The first-order valence-electron chi connectivity index (χ1n) is 6.54. The topological polar surface area (TPSA) is 84.2 Å². The Morgan fingerprint density at radius 3 is 2.68 bits per heavy atom. The maximum absolute atomic E-state index is 12.2. The summed E-state index contributed by atoms with van der Waals surface area (Å²) >= 11 is 0. The molecule has 1 fully saturated rings. The molecule has 104 valence electrons. The van der Waals surface area contributed by atoms with E-state index in [2.05, 4.69) is 10.4 Å². The lowest BCUT2D eigenvalue weighted by atomic mass is 9.95. The Hall–Kier alpha value is -1.85. The predicted molar refractivity (Wildman–Crippen MR) is 69.5 cm³/mol. The molecule has 2 N–H and O–H groups in total. The largest absolute Gasteiger partial charge is 0.481 e. The molecule has 1 unspecified atom stereocenters. The smallest absolute Gasteiger partial charge is 0.307 e. The summed E-state index contributed by atoms with van der Waals surface area (Å²) in [6.45, 7) is 2.03. The molecule has 6 heteroatoms. The molecule has 6 nitrogen and oxygen atoms in total. The van der Waals surface area contributed by atoms with E-state index in [1.165, 1.54) is 0 Å². The van der Waals surface area contributed by atoms with Crippen LogP contribution < -0.4 is 5.32 Å². The number of hydrogen-bond donors (Lipinski definition) is 2. The molecule has 1 aromatic heterocycles. The van der Waals surface area contributed by atoms with Crippen molar-refractivity contribution in [2.75, 3.05) is 5.32 Å². The maximum Gasteiger partial charge on any atom is 0.307 e. The van der Waals surface area contributed by atoms with Gasteiger partial charge >= 0.3 is 5.97 Å². The summed E-state index contributed by atoms with van der Waals surface area (Å²) in [4.78, 5) is 23.4. The van der Waals surface area contributed by atoms with E-state index in [0.717, 1.165) is 6.42 Å². The third-order valence-electron chi connectivity index (χ3n) is 3.86. The molecule has 1 aliphatic rings. The van der Waals surface area contributed by atoms with Gasteiger partial charge in [0, 0.05) is 19.3 Å². The molecule has 2 rings (SSSR count). The number of hydrogen-bond acceptors (Lipinski definition) is 3. The van der Waals surface area contributed by atoms with Crippen LogP contribution in [0.15, 0.2) is 12.3 Å². The highest BCUT2D eigenvalue weighted by Crippen LogP contribution is 2.38. The number of rotatable bonds is 4. The quantitative estimate of drug-likeness (QED) is 0.864. The zero-order chi connectivity index (χ0) is 14.0. The second-order valence-corrected chi connectivity index (χ2v) is 5.16. The van der Waals surface area contributed by atoms with E-state index >= 15 is 0 Å². The van der Waals surface area contributed by atoms with Gasteiger partial charge in [0.05, 0.1) is 11.8 Å². The van der Waals surface area contributed by atoms with Crippen LogP contribution in [0.5, 0.6) is 0 Å². The second-order valence-electron chi connectivity index (χ2n) is 5.16. The first-order chi connectivity index (χ1) is 9.01. The summed E-state index contributed by atoms with van der Waals surface area (Å²) in [5.41, 5.74) is 0. The van der Waals surface area contributed by atoms with E-state index in [-0.39, 0.29) is 5.91 Å².